The Kier molecular flexibility index (Phi) is 3.99. The van der Waals surface area contributed by atoms with Gasteiger partial charge in [0.15, 0.2) is 5.82 Å². The molecule has 0 unspecified atom stereocenters. The minimum Gasteiger partial charge on any atom is -0.478 e. The van der Waals surface area contributed by atoms with Crippen LogP contribution in [0.2, 0.25) is 0 Å². The molecule has 21 heavy (non-hydrogen) atoms. The molecule has 0 spiro atoms. The van der Waals surface area contributed by atoms with E-state index >= 15 is 0 Å². The fraction of sp³-hybridized carbons (Fsp3) is 0.438. The van der Waals surface area contributed by atoms with Crippen LogP contribution in [0.1, 0.15) is 60.6 Å². The SMILES string of the molecule is O=C(O)c1ccccc1-c1nc(C2CCCCCC2)no1. The van der Waals surface area contributed by atoms with E-state index in [4.69, 9.17) is 4.52 Å². The highest BCUT2D eigenvalue weighted by Crippen LogP contribution is 2.31. The predicted octanol–water partition coefficient (Wildman–Crippen LogP) is 3.87. The van der Waals surface area contributed by atoms with Crippen LogP contribution in [0.25, 0.3) is 11.5 Å². The van der Waals surface area contributed by atoms with Crippen molar-refractivity contribution in [3.8, 4) is 11.5 Å². The number of carboxylic acids is 1. The van der Waals surface area contributed by atoms with Crippen LogP contribution < -0.4 is 0 Å². The van der Waals surface area contributed by atoms with Crippen molar-refractivity contribution in [2.24, 2.45) is 0 Å². The van der Waals surface area contributed by atoms with Gasteiger partial charge in [0.05, 0.1) is 11.1 Å². The van der Waals surface area contributed by atoms with E-state index in [1.807, 2.05) is 0 Å². The van der Waals surface area contributed by atoms with Gasteiger partial charge in [0.25, 0.3) is 5.89 Å². The highest BCUT2D eigenvalue weighted by molar-refractivity contribution is 5.94. The molecule has 0 bridgehead atoms. The second-order valence-corrected chi connectivity index (χ2v) is 5.50. The molecule has 1 fully saturated rings. The van der Waals surface area contributed by atoms with Crippen molar-refractivity contribution in [2.75, 3.05) is 0 Å². The summed E-state index contributed by atoms with van der Waals surface area (Å²) in [6.45, 7) is 0. The van der Waals surface area contributed by atoms with Gasteiger partial charge in [-0.25, -0.2) is 4.79 Å². The topological polar surface area (TPSA) is 76.2 Å². The minimum absolute atomic E-state index is 0.188. The van der Waals surface area contributed by atoms with Crippen LogP contribution in [0.15, 0.2) is 28.8 Å². The highest BCUT2D eigenvalue weighted by atomic mass is 16.5. The van der Waals surface area contributed by atoms with Crippen LogP contribution >= 0.6 is 0 Å². The zero-order valence-corrected chi connectivity index (χ0v) is 11.8. The number of rotatable bonds is 3. The maximum absolute atomic E-state index is 11.3. The van der Waals surface area contributed by atoms with Crippen molar-refractivity contribution in [1.82, 2.24) is 10.1 Å². The number of hydrogen-bond donors (Lipinski definition) is 1. The summed E-state index contributed by atoms with van der Waals surface area (Å²) >= 11 is 0. The maximum Gasteiger partial charge on any atom is 0.336 e. The van der Waals surface area contributed by atoms with Gasteiger partial charge in [0.2, 0.25) is 0 Å². The molecule has 1 saturated carbocycles. The van der Waals surface area contributed by atoms with E-state index in [2.05, 4.69) is 10.1 Å². The molecule has 2 aromatic rings. The van der Waals surface area contributed by atoms with Crippen molar-refractivity contribution in [1.29, 1.82) is 0 Å². The standard InChI is InChI=1S/C16H18N2O3/c19-16(20)13-10-6-5-9-12(13)15-17-14(18-21-15)11-7-3-1-2-4-8-11/h5-6,9-11H,1-4,7-8H2,(H,19,20). The summed E-state index contributed by atoms with van der Waals surface area (Å²) in [5.74, 6) is 0.362. The molecule has 1 aliphatic rings. The molecule has 0 atom stereocenters. The summed E-state index contributed by atoms with van der Waals surface area (Å²) in [4.78, 5) is 15.7. The smallest absolute Gasteiger partial charge is 0.336 e. The van der Waals surface area contributed by atoms with Gasteiger partial charge in [-0.2, -0.15) is 4.98 Å². The average molecular weight is 286 g/mol. The number of benzene rings is 1. The van der Waals surface area contributed by atoms with Crippen molar-refractivity contribution >= 4 is 5.97 Å². The quantitative estimate of drug-likeness (QED) is 0.867. The van der Waals surface area contributed by atoms with Crippen LogP contribution in [0.3, 0.4) is 0 Å². The van der Waals surface area contributed by atoms with Crippen LogP contribution in [0.4, 0.5) is 0 Å². The van der Waals surface area contributed by atoms with Gasteiger partial charge in [-0.1, -0.05) is 43.0 Å². The molecule has 110 valence electrons. The van der Waals surface area contributed by atoms with E-state index in [1.54, 1.807) is 24.3 Å². The molecule has 1 aromatic carbocycles. The van der Waals surface area contributed by atoms with Gasteiger partial charge in [-0.3, -0.25) is 0 Å². The van der Waals surface area contributed by atoms with Crippen LogP contribution in [0.5, 0.6) is 0 Å². The minimum atomic E-state index is -0.986. The number of carbonyl (C=O) groups is 1. The summed E-state index contributed by atoms with van der Waals surface area (Å²) in [6, 6.07) is 6.72. The molecule has 1 N–H and O–H groups in total. The molecular formula is C16H18N2O3. The van der Waals surface area contributed by atoms with Gasteiger partial charge in [0.1, 0.15) is 0 Å². The number of hydrogen-bond acceptors (Lipinski definition) is 4. The molecule has 0 saturated heterocycles. The van der Waals surface area contributed by atoms with Crippen molar-refractivity contribution in [3.05, 3.63) is 35.7 Å². The first-order valence-electron chi connectivity index (χ1n) is 7.42. The Bertz CT molecular complexity index is 628. The molecule has 5 heteroatoms. The Labute approximate surface area is 123 Å². The van der Waals surface area contributed by atoms with Crippen molar-refractivity contribution < 1.29 is 14.4 Å². The summed E-state index contributed by atoms with van der Waals surface area (Å²) in [6.07, 6.45) is 7.09. The number of nitrogens with zero attached hydrogens (tertiary/aromatic N) is 2. The van der Waals surface area contributed by atoms with Crippen LogP contribution in [-0.2, 0) is 0 Å². The molecule has 1 aliphatic carbocycles. The first-order valence-corrected chi connectivity index (χ1v) is 7.42. The summed E-state index contributed by atoms with van der Waals surface area (Å²) in [5, 5.41) is 13.3. The van der Waals surface area contributed by atoms with E-state index in [9.17, 15) is 9.90 Å². The first-order chi connectivity index (χ1) is 10.3. The molecule has 0 aliphatic heterocycles. The third kappa shape index (κ3) is 2.96. The van der Waals surface area contributed by atoms with Gasteiger partial charge in [0, 0.05) is 5.92 Å². The van der Waals surface area contributed by atoms with Crippen LogP contribution in [-0.4, -0.2) is 21.2 Å². The van der Waals surface area contributed by atoms with E-state index in [0.29, 0.717) is 23.2 Å². The normalized spacial score (nSPS) is 16.6. The Balaban J connectivity index is 1.89. The third-order valence-corrected chi connectivity index (χ3v) is 4.05. The fourth-order valence-electron chi connectivity index (χ4n) is 2.90. The summed E-state index contributed by atoms with van der Waals surface area (Å²) in [5.41, 5.74) is 0.672. The maximum atomic E-state index is 11.3. The van der Waals surface area contributed by atoms with E-state index in [1.165, 1.54) is 25.7 Å². The molecule has 5 nitrogen and oxygen atoms in total. The fourth-order valence-corrected chi connectivity index (χ4v) is 2.90. The number of aromatic nitrogens is 2. The second-order valence-electron chi connectivity index (χ2n) is 5.50. The average Bonchev–Trinajstić information content (AvgIpc) is 2.83. The van der Waals surface area contributed by atoms with E-state index in [0.717, 1.165) is 12.8 Å². The Morgan fingerprint density at radius 2 is 1.86 bits per heavy atom. The molecule has 1 aromatic heterocycles. The molecule has 3 rings (SSSR count). The lowest BCUT2D eigenvalue weighted by atomic mass is 10.00. The lowest BCUT2D eigenvalue weighted by molar-refractivity contribution is 0.0697. The Morgan fingerprint density at radius 3 is 2.57 bits per heavy atom. The molecular weight excluding hydrogens is 268 g/mol. The van der Waals surface area contributed by atoms with Crippen molar-refractivity contribution in [3.63, 3.8) is 0 Å². The lowest BCUT2D eigenvalue weighted by Gasteiger charge is -2.07. The van der Waals surface area contributed by atoms with Gasteiger partial charge in [-0.15, -0.1) is 0 Å². The Hall–Kier alpha value is -2.17. The van der Waals surface area contributed by atoms with Gasteiger partial charge >= 0.3 is 5.97 Å². The van der Waals surface area contributed by atoms with Crippen LogP contribution in [0, 0.1) is 0 Å². The number of aromatic carboxylic acids is 1. The largest absolute Gasteiger partial charge is 0.478 e. The summed E-state index contributed by atoms with van der Waals surface area (Å²) < 4.78 is 5.31. The third-order valence-electron chi connectivity index (χ3n) is 4.05. The first kappa shape index (κ1) is 13.8. The predicted molar refractivity (Wildman–Crippen MR) is 77.1 cm³/mol. The van der Waals surface area contributed by atoms with Crippen molar-refractivity contribution in [2.45, 2.75) is 44.4 Å². The zero-order chi connectivity index (χ0) is 14.7. The summed E-state index contributed by atoms with van der Waals surface area (Å²) in [7, 11) is 0. The lowest BCUT2D eigenvalue weighted by Crippen LogP contribution is -2.01. The van der Waals surface area contributed by atoms with Gasteiger partial charge in [-0.05, 0) is 25.0 Å². The molecule has 1 heterocycles. The monoisotopic (exact) mass is 286 g/mol. The zero-order valence-electron chi connectivity index (χ0n) is 11.8. The molecule has 0 radical (unpaired) electrons. The second kappa shape index (κ2) is 6.08. The molecule has 0 amide bonds. The van der Waals surface area contributed by atoms with E-state index < -0.39 is 5.97 Å². The highest BCUT2D eigenvalue weighted by Gasteiger charge is 2.22. The van der Waals surface area contributed by atoms with Gasteiger partial charge < -0.3 is 9.63 Å². The van der Waals surface area contributed by atoms with E-state index in [-0.39, 0.29) is 5.56 Å². The Morgan fingerprint density at radius 1 is 1.14 bits per heavy atom. The number of carboxylic acid groups (broad SMARTS) is 1.